The zero-order valence-corrected chi connectivity index (χ0v) is 16.2. The van der Waals surface area contributed by atoms with E-state index in [2.05, 4.69) is 0 Å². The maximum atomic E-state index is 12.6. The molecule has 0 saturated carbocycles. The van der Waals surface area contributed by atoms with Gasteiger partial charge in [0, 0.05) is 23.9 Å². The molecule has 1 amide bonds. The molecular weight excluding hydrogens is 350 g/mol. The van der Waals surface area contributed by atoms with Crippen LogP contribution in [0.2, 0.25) is 0 Å². The molecular formula is C20H25NO6. The van der Waals surface area contributed by atoms with E-state index in [1.807, 2.05) is 20.8 Å². The first-order valence-corrected chi connectivity index (χ1v) is 9.10. The molecule has 3 rings (SSSR count). The number of rotatable bonds is 3. The fourth-order valence-electron chi connectivity index (χ4n) is 2.99. The van der Waals surface area contributed by atoms with Crippen LogP contribution in [0.1, 0.15) is 43.8 Å². The molecule has 0 bridgehead atoms. The summed E-state index contributed by atoms with van der Waals surface area (Å²) < 4.78 is 21.9. The van der Waals surface area contributed by atoms with Crippen molar-refractivity contribution in [1.29, 1.82) is 0 Å². The molecule has 1 fully saturated rings. The molecule has 0 atom stereocenters. The molecule has 7 nitrogen and oxygen atoms in total. The third-order valence-electron chi connectivity index (χ3n) is 4.29. The maximum absolute atomic E-state index is 12.6. The van der Waals surface area contributed by atoms with E-state index in [1.165, 1.54) is 0 Å². The van der Waals surface area contributed by atoms with Gasteiger partial charge in [-0.05, 0) is 25.1 Å². The smallest absolute Gasteiger partial charge is 0.415 e. The Kier molecular flexibility index (Phi) is 5.41. The Balaban J connectivity index is 1.96. The number of nitrogens with zero attached hydrogens (tertiary/aromatic N) is 1. The van der Waals surface area contributed by atoms with Crippen molar-refractivity contribution in [2.75, 3.05) is 32.9 Å². The van der Waals surface area contributed by atoms with Crippen molar-refractivity contribution >= 4 is 23.0 Å². The van der Waals surface area contributed by atoms with Crippen molar-refractivity contribution in [2.45, 2.75) is 33.1 Å². The van der Waals surface area contributed by atoms with E-state index in [0.717, 1.165) is 0 Å². The van der Waals surface area contributed by atoms with Crippen LogP contribution in [0.15, 0.2) is 22.6 Å². The van der Waals surface area contributed by atoms with Gasteiger partial charge in [-0.25, -0.2) is 9.59 Å². The molecule has 0 unspecified atom stereocenters. The summed E-state index contributed by atoms with van der Waals surface area (Å²) in [5.41, 5.74) is 0.545. The van der Waals surface area contributed by atoms with Crippen LogP contribution in [0.3, 0.4) is 0 Å². The van der Waals surface area contributed by atoms with Crippen molar-refractivity contribution in [3.63, 3.8) is 0 Å². The van der Waals surface area contributed by atoms with Crippen LogP contribution in [0.25, 0.3) is 11.0 Å². The Bertz CT molecular complexity index is 842. The van der Waals surface area contributed by atoms with Crippen molar-refractivity contribution in [3.05, 3.63) is 29.5 Å². The van der Waals surface area contributed by atoms with Crippen LogP contribution in [-0.4, -0.2) is 49.9 Å². The van der Waals surface area contributed by atoms with Gasteiger partial charge >= 0.3 is 12.1 Å². The number of amides is 1. The lowest BCUT2D eigenvalue weighted by atomic mass is 9.89. The van der Waals surface area contributed by atoms with E-state index in [4.69, 9.17) is 18.6 Å². The van der Waals surface area contributed by atoms with Crippen LogP contribution in [0, 0.1) is 0 Å². The van der Waals surface area contributed by atoms with E-state index in [-0.39, 0.29) is 12.0 Å². The largest absolute Gasteiger partial charge is 0.462 e. The van der Waals surface area contributed by atoms with Gasteiger partial charge in [-0.2, -0.15) is 0 Å². The minimum absolute atomic E-state index is 0.265. The second-order valence-corrected chi connectivity index (χ2v) is 7.40. The number of furan rings is 1. The highest BCUT2D eigenvalue weighted by atomic mass is 16.6. The molecule has 2 heterocycles. The minimum Gasteiger partial charge on any atom is -0.462 e. The van der Waals surface area contributed by atoms with Gasteiger partial charge in [0.25, 0.3) is 0 Å². The van der Waals surface area contributed by atoms with E-state index in [9.17, 15) is 9.59 Å². The van der Waals surface area contributed by atoms with Crippen molar-refractivity contribution in [1.82, 2.24) is 4.90 Å². The SMILES string of the molecule is CCOC(=O)c1c(C(C)(C)C)oc2ccc(OC(=O)N3CCOCC3)cc12. The normalized spacial score (nSPS) is 15.0. The summed E-state index contributed by atoms with van der Waals surface area (Å²) in [6.45, 7) is 9.90. The average Bonchev–Trinajstić information content (AvgIpc) is 3.02. The van der Waals surface area contributed by atoms with Crippen LogP contribution in [-0.2, 0) is 14.9 Å². The maximum Gasteiger partial charge on any atom is 0.415 e. The summed E-state index contributed by atoms with van der Waals surface area (Å²) in [7, 11) is 0. The Hall–Kier alpha value is -2.54. The van der Waals surface area contributed by atoms with E-state index in [0.29, 0.717) is 54.3 Å². The third-order valence-corrected chi connectivity index (χ3v) is 4.29. The number of carbonyl (C=O) groups is 2. The molecule has 0 radical (unpaired) electrons. The summed E-state index contributed by atoms with van der Waals surface area (Å²) in [5.74, 6) is 0.455. The van der Waals surface area contributed by atoms with Crippen molar-refractivity contribution < 1.29 is 28.2 Å². The number of esters is 1. The van der Waals surface area contributed by atoms with Crippen LogP contribution in [0.5, 0.6) is 5.75 Å². The van der Waals surface area contributed by atoms with Crippen LogP contribution < -0.4 is 4.74 Å². The molecule has 1 aliphatic rings. The number of carbonyl (C=O) groups excluding carboxylic acids is 2. The molecule has 7 heteroatoms. The van der Waals surface area contributed by atoms with Gasteiger partial charge in [-0.1, -0.05) is 20.8 Å². The van der Waals surface area contributed by atoms with Gasteiger partial charge in [0.05, 0.1) is 19.8 Å². The van der Waals surface area contributed by atoms with Gasteiger partial charge in [0.2, 0.25) is 0 Å². The number of ether oxygens (including phenoxy) is 3. The predicted octanol–water partition coefficient (Wildman–Crippen LogP) is 3.74. The van der Waals surface area contributed by atoms with Crippen LogP contribution in [0.4, 0.5) is 4.79 Å². The number of morpholine rings is 1. The molecule has 1 saturated heterocycles. The highest BCUT2D eigenvalue weighted by molar-refractivity contribution is 6.05. The predicted molar refractivity (Wildman–Crippen MR) is 99.3 cm³/mol. The molecule has 146 valence electrons. The second kappa shape index (κ2) is 7.60. The summed E-state index contributed by atoms with van der Waals surface area (Å²) >= 11 is 0. The highest BCUT2D eigenvalue weighted by Crippen LogP contribution is 2.36. The zero-order valence-electron chi connectivity index (χ0n) is 16.2. The monoisotopic (exact) mass is 375 g/mol. The number of hydrogen-bond acceptors (Lipinski definition) is 6. The Morgan fingerprint density at radius 2 is 1.89 bits per heavy atom. The van der Waals surface area contributed by atoms with E-state index in [1.54, 1.807) is 30.0 Å². The number of fused-ring (bicyclic) bond motifs is 1. The van der Waals surface area contributed by atoms with Gasteiger partial charge in [0.15, 0.2) is 0 Å². The first kappa shape index (κ1) is 19.2. The molecule has 1 aromatic heterocycles. The summed E-state index contributed by atoms with van der Waals surface area (Å²) in [6.07, 6.45) is -0.435. The van der Waals surface area contributed by atoms with Crippen molar-refractivity contribution in [2.24, 2.45) is 0 Å². The number of hydrogen-bond donors (Lipinski definition) is 0. The lowest BCUT2D eigenvalue weighted by Crippen LogP contribution is -2.42. The van der Waals surface area contributed by atoms with E-state index >= 15 is 0 Å². The minimum atomic E-state index is -0.446. The zero-order chi connectivity index (χ0) is 19.6. The second-order valence-electron chi connectivity index (χ2n) is 7.40. The molecule has 2 aromatic rings. The lowest BCUT2D eigenvalue weighted by Gasteiger charge is -2.25. The fraction of sp³-hybridized carbons (Fsp3) is 0.500. The summed E-state index contributed by atoms with van der Waals surface area (Å²) in [5, 5.41) is 0.575. The molecule has 0 spiro atoms. The Labute approximate surface area is 158 Å². The molecule has 1 aliphatic heterocycles. The fourth-order valence-corrected chi connectivity index (χ4v) is 2.99. The molecule has 1 aromatic carbocycles. The number of benzene rings is 1. The Morgan fingerprint density at radius 1 is 1.19 bits per heavy atom. The standard InChI is InChI=1S/C20H25NO6/c1-5-25-18(22)16-14-12-13(26-19(23)21-8-10-24-11-9-21)6-7-15(14)27-17(16)20(2,3)4/h6-7,12H,5,8-11H2,1-4H3. The molecule has 0 aliphatic carbocycles. The lowest BCUT2D eigenvalue weighted by molar-refractivity contribution is 0.0416. The summed E-state index contributed by atoms with van der Waals surface area (Å²) in [6, 6.07) is 5.01. The van der Waals surface area contributed by atoms with Gasteiger partial charge in [-0.3, -0.25) is 0 Å². The highest BCUT2D eigenvalue weighted by Gasteiger charge is 2.30. The topological polar surface area (TPSA) is 78.2 Å². The Morgan fingerprint density at radius 3 is 2.52 bits per heavy atom. The quantitative estimate of drug-likeness (QED) is 0.761. The van der Waals surface area contributed by atoms with Gasteiger partial charge in [0.1, 0.15) is 22.7 Å². The first-order chi connectivity index (χ1) is 12.8. The molecule has 0 N–H and O–H groups in total. The average molecular weight is 375 g/mol. The van der Waals surface area contributed by atoms with Crippen LogP contribution >= 0.6 is 0 Å². The van der Waals surface area contributed by atoms with Crippen molar-refractivity contribution in [3.8, 4) is 5.75 Å². The first-order valence-electron chi connectivity index (χ1n) is 9.10. The third kappa shape index (κ3) is 4.08. The van der Waals surface area contributed by atoms with Gasteiger partial charge < -0.3 is 23.5 Å². The van der Waals surface area contributed by atoms with Gasteiger partial charge in [-0.15, -0.1) is 0 Å². The van der Waals surface area contributed by atoms with E-state index < -0.39 is 12.1 Å². The summed E-state index contributed by atoms with van der Waals surface area (Å²) in [4.78, 5) is 26.5. The molecule has 27 heavy (non-hydrogen) atoms.